The Hall–Kier alpha value is -1.38. The second-order valence-corrected chi connectivity index (χ2v) is 5.13. The first-order chi connectivity index (χ1) is 9.01. The van der Waals surface area contributed by atoms with Crippen LogP contribution in [0.15, 0.2) is 0 Å². The zero-order valence-corrected chi connectivity index (χ0v) is 13.7. The number of carbonyl (C=O) groups excluding carboxylic acids is 1. The lowest BCUT2D eigenvalue weighted by Gasteiger charge is -2.28. The van der Waals surface area contributed by atoms with Crippen LogP contribution in [0.3, 0.4) is 0 Å². The standard InChI is InChI=1S/C10H19NO4.C2H5NO2.ClH/c1-5-10(14)15-8(6-9(12)13)7-11(2,3)4;3-1-2(4)5;/h8H,5-7H2,1-4H3;1,3H2,(H,4,5);1H/p+1/t8-;;/m1../s1. The normalized spacial score (nSPS) is 11.3. The van der Waals surface area contributed by atoms with Crippen molar-refractivity contribution in [1.29, 1.82) is 0 Å². The van der Waals surface area contributed by atoms with E-state index in [-0.39, 0.29) is 37.8 Å². The van der Waals surface area contributed by atoms with Crippen LogP contribution in [0.2, 0.25) is 0 Å². The summed E-state index contributed by atoms with van der Waals surface area (Å²) in [7, 11) is 5.78. The molecule has 1 atom stereocenters. The van der Waals surface area contributed by atoms with Crippen LogP contribution in [0, 0.1) is 0 Å². The summed E-state index contributed by atoms with van der Waals surface area (Å²) < 4.78 is 5.62. The number of aliphatic carboxylic acids is 2. The van der Waals surface area contributed by atoms with Crippen molar-refractivity contribution in [3.63, 3.8) is 0 Å². The Morgan fingerprint density at radius 2 is 1.57 bits per heavy atom. The van der Waals surface area contributed by atoms with E-state index in [1.807, 2.05) is 21.1 Å². The number of esters is 1. The molecule has 0 aromatic rings. The molecule has 0 fully saturated rings. The first-order valence-corrected chi connectivity index (χ1v) is 6.15. The molecule has 0 aliphatic carbocycles. The Bertz CT molecular complexity index is 330. The third-order valence-corrected chi connectivity index (χ3v) is 1.92. The summed E-state index contributed by atoms with van der Waals surface area (Å²) in [6, 6.07) is 0. The first-order valence-electron chi connectivity index (χ1n) is 6.15. The number of likely N-dealkylation sites (N-methyl/N-ethyl adjacent to an activating group) is 1. The lowest BCUT2D eigenvalue weighted by atomic mass is 10.2. The Morgan fingerprint density at radius 3 is 1.81 bits per heavy atom. The summed E-state index contributed by atoms with van der Waals surface area (Å²) in [5, 5.41) is 16.3. The molecule has 21 heavy (non-hydrogen) atoms. The van der Waals surface area contributed by atoms with Crippen LogP contribution in [0.1, 0.15) is 19.8 Å². The number of rotatable bonds is 7. The van der Waals surface area contributed by atoms with Crippen molar-refractivity contribution in [2.75, 3.05) is 34.2 Å². The van der Waals surface area contributed by atoms with Gasteiger partial charge in [-0.25, -0.2) is 0 Å². The van der Waals surface area contributed by atoms with Crippen molar-refractivity contribution in [3.8, 4) is 0 Å². The van der Waals surface area contributed by atoms with Gasteiger partial charge in [-0.2, -0.15) is 0 Å². The molecule has 0 aliphatic rings. The molecule has 9 heteroatoms. The van der Waals surface area contributed by atoms with Crippen LogP contribution >= 0.6 is 12.4 Å². The number of halogens is 1. The van der Waals surface area contributed by atoms with Crippen LogP contribution < -0.4 is 5.73 Å². The quantitative estimate of drug-likeness (QED) is 0.441. The predicted molar refractivity (Wildman–Crippen MR) is 79.3 cm³/mol. The molecule has 0 saturated heterocycles. The van der Waals surface area contributed by atoms with Gasteiger partial charge >= 0.3 is 17.9 Å². The highest BCUT2D eigenvalue weighted by atomic mass is 35.5. The van der Waals surface area contributed by atoms with E-state index in [1.54, 1.807) is 6.92 Å². The largest absolute Gasteiger partial charge is 0.481 e. The highest BCUT2D eigenvalue weighted by Crippen LogP contribution is 2.06. The number of hydrogen-bond donors (Lipinski definition) is 3. The van der Waals surface area contributed by atoms with Crippen molar-refractivity contribution in [2.24, 2.45) is 5.73 Å². The van der Waals surface area contributed by atoms with Crippen LogP contribution in [0.4, 0.5) is 0 Å². The van der Waals surface area contributed by atoms with Gasteiger partial charge in [-0.15, -0.1) is 12.4 Å². The zero-order chi connectivity index (χ0) is 16.3. The number of quaternary nitrogens is 1. The van der Waals surface area contributed by atoms with Gasteiger partial charge in [0.25, 0.3) is 0 Å². The molecule has 4 N–H and O–H groups in total. The highest BCUT2D eigenvalue weighted by Gasteiger charge is 2.23. The van der Waals surface area contributed by atoms with E-state index in [0.717, 1.165) is 0 Å². The molecule has 0 unspecified atom stereocenters. The molecular weight excluding hydrogens is 304 g/mol. The topological polar surface area (TPSA) is 127 Å². The van der Waals surface area contributed by atoms with Gasteiger partial charge in [0.2, 0.25) is 0 Å². The summed E-state index contributed by atoms with van der Waals surface area (Å²) in [5.74, 6) is -2.27. The van der Waals surface area contributed by atoms with E-state index in [2.05, 4.69) is 5.73 Å². The van der Waals surface area contributed by atoms with Crippen LogP contribution in [-0.2, 0) is 19.1 Å². The number of nitrogens with two attached hydrogens (primary N) is 1. The van der Waals surface area contributed by atoms with Crippen molar-refractivity contribution in [3.05, 3.63) is 0 Å². The van der Waals surface area contributed by atoms with Crippen molar-refractivity contribution >= 4 is 30.3 Å². The summed E-state index contributed by atoms with van der Waals surface area (Å²) in [6.07, 6.45) is -0.413. The van der Waals surface area contributed by atoms with E-state index < -0.39 is 18.0 Å². The average Bonchev–Trinajstić information content (AvgIpc) is 2.26. The lowest BCUT2D eigenvalue weighted by Crippen LogP contribution is -2.43. The number of carboxylic acids is 2. The second-order valence-electron chi connectivity index (χ2n) is 5.13. The monoisotopic (exact) mass is 329 g/mol. The number of nitrogens with zero attached hydrogens (tertiary/aromatic N) is 1. The third kappa shape index (κ3) is 21.1. The summed E-state index contributed by atoms with van der Waals surface area (Å²) in [5.41, 5.74) is 4.57. The summed E-state index contributed by atoms with van der Waals surface area (Å²) in [4.78, 5) is 30.9. The van der Waals surface area contributed by atoms with Gasteiger partial charge in [0.1, 0.15) is 6.54 Å². The maximum absolute atomic E-state index is 11.1. The maximum Gasteiger partial charge on any atom is 0.317 e. The fourth-order valence-corrected chi connectivity index (χ4v) is 1.22. The molecule has 126 valence electrons. The summed E-state index contributed by atoms with van der Waals surface area (Å²) >= 11 is 0. The van der Waals surface area contributed by atoms with Gasteiger partial charge in [-0.05, 0) is 0 Å². The van der Waals surface area contributed by atoms with E-state index in [4.69, 9.17) is 14.9 Å². The van der Waals surface area contributed by atoms with Crippen molar-refractivity contribution in [1.82, 2.24) is 0 Å². The van der Waals surface area contributed by atoms with Crippen LogP contribution in [-0.4, -0.2) is 72.9 Å². The molecule has 0 amide bonds. The van der Waals surface area contributed by atoms with Gasteiger partial charge < -0.3 is 25.2 Å². The molecule has 0 rings (SSSR count). The Labute approximate surface area is 130 Å². The molecule has 0 saturated carbocycles. The molecule has 0 heterocycles. The molecule has 0 aromatic carbocycles. The minimum absolute atomic E-state index is 0. The number of ether oxygens (including phenoxy) is 1. The minimum atomic E-state index is -0.968. The van der Waals surface area contributed by atoms with Gasteiger partial charge in [0.15, 0.2) is 6.10 Å². The maximum atomic E-state index is 11.1. The second kappa shape index (κ2) is 12.4. The molecule has 0 bridgehead atoms. The van der Waals surface area contributed by atoms with E-state index in [9.17, 15) is 14.4 Å². The van der Waals surface area contributed by atoms with Crippen molar-refractivity contribution in [2.45, 2.75) is 25.9 Å². The number of carboxylic acid groups (broad SMARTS) is 2. The van der Waals surface area contributed by atoms with Gasteiger partial charge in [-0.3, -0.25) is 14.4 Å². The SMILES string of the molecule is CCC(=O)O[C@H](CC(=O)O)C[N+](C)(C)C.Cl.NCC(=O)O. The number of carbonyl (C=O) groups is 3. The fourth-order valence-electron chi connectivity index (χ4n) is 1.22. The Kier molecular flexibility index (Phi) is 14.5. The molecule has 0 radical (unpaired) electrons. The van der Waals surface area contributed by atoms with Gasteiger partial charge in [0.05, 0.1) is 34.1 Å². The fraction of sp³-hybridized carbons (Fsp3) is 0.750. The highest BCUT2D eigenvalue weighted by molar-refractivity contribution is 5.85. The van der Waals surface area contributed by atoms with Crippen molar-refractivity contribution < 1.29 is 33.8 Å². The van der Waals surface area contributed by atoms with E-state index >= 15 is 0 Å². The molecule has 0 spiro atoms. The van der Waals surface area contributed by atoms with Crippen LogP contribution in [0.25, 0.3) is 0 Å². The predicted octanol–water partition coefficient (Wildman–Crippen LogP) is -0.0594. The zero-order valence-electron chi connectivity index (χ0n) is 12.9. The van der Waals surface area contributed by atoms with Gasteiger partial charge in [0, 0.05) is 6.42 Å². The van der Waals surface area contributed by atoms with Crippen LogP contribution in [0.5, 0.6) is 0 Å². The minimum Gasteiger partial charge on any atom is -0.481 e. The Morgan fingerprint density at radius 1 is 1.14 bits per heavy atom. The molecule has 0 aromatic heterocycles. The first kappa shape index (κ1) is 24.6. The molecule has 8 nitrogen and oxygen atoms in total. The molecular formula is C12H26ClN2O6+. The van der Waals surface area contributed by atoms with Gasteiger partial charge in [-0.1, -0.05) is 6.92 Å². The third-order valence-electron chi connectivity index (χ3n) is 1.92. The van der Waals surface area contributed by atoms with E-state index in [1.165, 1.54) is 0 Å². The number of hydrogen-bond acceptors (Lipinski definition) is 5. The lowest BCUT2D eigenvalue weighted by molar-refractivity contribution is -0.873. The Balaban J connectivity index is -0.000000465. The van der Waals surface area contributed by atoms with E-state index in [0.29, 0.717) is 11.0 Å². The molecule has 0 aliphatic heterocycles. The average molecular weight is 330 g/mol. The summed E-state index contributed by atoms with van der Waals surface area (Å²) in [6.45, 7) is 1.91. The smallest absolute Gasteiger partial charge is 0.317 e.